The third kappa shape index (κ3) is 7.91. The fourth-order valence-electron chi connectivity index (χ4n) is 4.72. The molecule has 2 rings (SSSR count). The van der Waals surface area contributed by atoms with Gasteiger partial charge in [0.25, 0.3) is 0 Å². The molecule has 0 aromatic rings. The second-order valence-electron chi connectivity index (χ2n) is 8.40. The molecule has 7 heteroatoms. The van der Waals surface area contributed by atoms with Crippen LogP contribution in [0.25, 0.3) is 0 Å². The van der Waals surface area contributed by atoms with E-state index in [1.807, 2.05) is 6.08 Å². The van der Waals surface area contributed by atoms with Crippen molar-refractivity contribution in [3.63, 3.8) is 0 Å². The number of carbonyl (C=O) groups is 1. The third-order valence-electron chi connectivity index (χ3n) is 6.34. The zero-order valence-corrected chi connectivity index (χ0v) is 18.9. The Morgan fingerprint density at radius 1 is 1.17 bits per heavy atom. The predicted octanol–water partition coefficient (Wildman–Crippen LogP) is 4.46. The number of unbranched alkanes of at least 4 members (excludes halogenated alkanes) is 3. The molecule has 0 aromatic carbocycles. The number of aliphatic hydroxyl groups is 1. The molecule has 6 nitrogen and oxygen atoms in total. The summed E-state index contributed by atoms with van der Waals surface area (Å²) >= 11 is 0. The Bertz CT molecular complexity index is 506. The molecule has 5 atom stereocenters. The molecule has 0 radical (unpaired) electrons. The van der Waals surface area contributed by atoms with Gasteiger partial charge in [0.2, 0.25) is 0 Å². The van der Waals surface area contributed by atoms with E-state index in [0.717, 1.165) is 38.5 Å². The first kappa shape index (κ1) is 24.7. The largest absolute Gasteiger partial charge is 0.481 e. The lowest BCUT2D eigenvalue weighted by Gasteiger charge is -2.31. The molecule has 0 amide bonds. The molecule has 0 bridgehead atoms. The lowest BCUT2D eigenvalue weighted by molar-refractivity contribution is -0.171. The summed E-state index contributed by atoms with van der Waals surface area (Å²) in [5.74, 6) is -0.826. The van der Waals surface area contributed by atoms with E-state index >= 15 is 0 Å². The number of aliphatic carboxylic acids is 1. The monoisotopic (exact) mass is 430 g/mol. The van der Waals surface area contributed by atoms with E-state index in [-0.39, 0.29) is 30.5 Å². The van der Waals surface area contributed by atoms with Gasteiger partial charge in [0, 0.05) is 35.2 Å². The Kier molecular flexibility index (Phi) is 11.1. The maximum atomic E-state index is 10.6. The van der Waals surface area contributed by atoms with Gasteiger partial charge in [0.15, 0.2) is 5.79 Å². The SMILES string of the molecule is CCCCCC1(CC[C@H]2C(OP)CC(O)C2CC=CCCCC(=O)O)OCCO1. The Labute approximate surface area is 177 Å². The summed E-state index contributed by atoms with van der Waals surface area (Å²) in [7, 11) is 2.37. The van der Waals surface area contributed by atoms with Crippen LogP contribution in [0.2, 0.25) is 0 Å². The average Bonchev–Trinajstić information content (AvgIpc) is 3.28. The molecular formula is C22H39O6P. The fourth-order valence-corrected chi connectivity index (χ4v) is 5.03. The van der Waals surface area contributed by atoms with Crippen molar-refractivity contribution >= 4 is 15.4 Å². The van der Waals surface area contributed by atoms with Crippen LogP contribution in [0.4, 0.5) is 0 Å². The molecule has 2 fully saturated rings. The fraction of sp³-hybridized carbons (Fsp3) is 0.864. The number of carboxylic acid groups (broad SMARTS) is 1. The first-order valence-electron chi connectivity index (χ1n) is 11.2. The highest BCUT2D eigenvalue weighted by atomic mass is 31.0. The van der Waals surface area contributed by atoms with Crippen molar-refractivity contribution in [1.82, 2.24) is 0 Å². The zero-order chi connectivity index (χ0) is 21.1. The van der Waals surface area contributed by atoms with Crippen molar-refractivity contribution < 1.29 is 29.0 Å². The van der Waals surface area contributed by atoms with Gasteiger partial charge in [-0.2, -0.15) is 0 Å². The van der Waals surface area contributed by atoms with Crippen molar-refractivity contribution in [3.8, 4) is 0 Å². The number of hydrogen-bond donors (Lipinski definition) is 2. The lowest BCUT2D eigenvalue weighted by atomic mass is 9.85. The van der Waals surface area contributed by atoms with Crippen molar-refractivity contribution in [1.29, 1.82) is 0 Å². The molecule has 2 aliphatic rings. The standard InChI is InChI=1S/C22H39O6P/c1-2-3-8-12-22(26-14-15-27-22)13-11-18-17(19(23)16-20(18)28-29)9-6-4-5-7-10-21(24)25/h4,6,17-20,23H,2-3,5,7-16,29H2,1H3,(H,24,25)/t17?,18-,19?,20?/m1/s1. The summed E-state index contributed by atoms with van der Waals surface area (Å²) in [5, 5.41) is 19.3. The van der Waals surface area contributed by atoms with Crippen LogP contribution in [0.3, 0.4) is 0 Å². The van der Waals surface area contributed by atoms with Gasteiger partial charge in [-0.1, -0.05) is 31.9 Å². The van der Waals surface area contributed by atoms with Gasteiger partial charge in [-0.05, 0) is 43.9 Å². The Balaban J connectivity index is 1.89. The first-order chi connectivity index (χ1) is 14.0. The van der Waals surface area contributed by atoms with Crippen LogP contribution >= 0.6 is 9.47 Å². The second kappa shape index (κ2) is 13.0. The molecule has 1 saturated carbocycles. The maximum absolute atomic E-state index is 10.6. The lowest BCUT2D eigenvalue weighted by Crippen LogP contribution is -2.33. The van der Waals surface area contributed by atoms with Gasteiger partial charge in [-0.15, -0.1) is 0 Å². The second-order valence-corrected chi connectivity index (χ2v) is 8.67. The normalized spacial score (nSPS) is 29.1. The Morgan fingerprint density at radius 3 is 2.59 bits per heavy atom. The van der Waals surface area contributed by atoms with Gasteiger partial charge in [-0.3, -0.25) is 4.79 Å². The molecule has 1 saturated heterocycles. The Hall–Kier alpha value is -0.520. The van der Waals surface area contributed by atoms with Crippen LogP contribution in [0, 0.1) is 11.8 Å². The van der Waals surface area contributed by atoms with Crippen LogP contribution in [0.5, 0.6) is 0 Å². The third-order valence-corrected chi connectivity index (χ3v) is 6.69. The minimum atomic E-state index is -0.755. The number of allylic oxidation sites excluding steroid dienone is 2. The van der Waals surface area contributed by atoms with Crippen LogP contribution in [0.15, 0.2) is 12.2 Å². The van der Waals surface area contributed by atoms with Gasteiger partial charge in [0.05, 0.1) is 25.4 Å². The van der Waals surface area contributed by atoms with Gasteiger partial charge in [0.1, 0.15) is 0 Å². The summed E-state index contributed by atoms with van der Waals surface area (Å²) in [6.07, 6.45) is 12.9. The summed E-state index contributed by atoms with van der Waals surface area (Å²) in [6.45, 7) is 3.51. The highest BCUT2D eigenvalue weighted by Crippen LogP contribution is 2.43. The molecule has 2 N–H and O–H groups in total. The highest BCUT2D eigenvalue weighted by Gasteiger charge is 2.44. The maximum Gasteiger partial charge on any atom is 0.303 e. The summed E-state index contributed by atoms with van der Waals surface area (Å²) in [4.78, 5) is 10.6. The van der Waals surface area contributed by atoms with Crippen molar-refractivity contribution in [2.24, 2.45) is 11.8 Å². The number of aliphatic hydroxyl groups excluding tert-OH is 1. The number of hydrogen-bond acceptors (Lipinski definition) is 5. The summed E-state index contributed by atoms with van der Waals surface area (Å²) < 4.78 is 17.7. The van der Waals surface area contributed by atoms with E-state index in [4.69, 9.17) is 19.1 Å². The zero-order valence-electron chi connectivity index (χ0n) is 17.8. The molecule has 0 aromatic heterocycles. The molecule has 29 heavy (non-hydrogen) atoms. The highest BCUT2D eigenvalue weighted by molar-refractivity contribution is 7.09. The van der Waals surface area contributed by atoms with Crippen LogP contribution in [-0.4, -0.2) is 47.4 Å². The minimum Gasteiger partial charge on any atom is -0.481 e. The molecule has 1 aliphatic heterocycles. The van der Waals surface area contributed by atoms with Gasteiger partial charge < -0.3 is 24.2 Å². The van der Waals surface area contributed by atoms with E-state index in [1.54, 1.807) is 0 Å². The van der Waals surface area contributed by atoms with Crippen LogP contribution in [0.1, 0.15) is 77.6 Å². The molecule has 168 valence electrons. The van der Waals surface area contributed by atoms with Gasteiger partial charge >= 0.3 is 5.97 Å². The molecule has 0 spiro atoms. The quantitative estimate of drug-likeness (QED) is 0.240. The minimum absolute atomic E-state index is 0.0227. The van der Waals surface area contributed by atoms with E-state index in [9.17, 15) is 9.90 Å². The van der Waals surface area contributed by atoms with E-state index in [0.29, 0.717) is 26.1 Å². The van der Waals surface area contributed by atoms with Crippen molar-refractivity contribution in [2.75, 3.05) is 13.2 Å². The smallest absolute Gasteiger partial charge is 0.303 e. The van der Waals surface area contributed by atoms with Crippen LogP contribution in [-0.2, 0) is 18.8 Å². The number of rotatable bonds is 14. The molecule has 4 unspecified atom stereocenters. The predicted molar refractivity (Wildman–Crippen MR) is 115 cm³/mol. The molecule has 1 aliphatic carbocycles. The van der Waals surface area contributed by atoms with Crippen molar-refractivity contribution in [3.05, 3.63) is 12.2 Å². The number of ether oxygens (including phenoxy) is 2. The number of carboxylic acids is 1. The van der Waals surface area contributed by atoms with E-state index in [1.165, 1.54) is 12.8 Å². The van der Waals surface area contributed by atoms with Crippen LogP contribution < -0.4 is 0 Å². The molecular weight excluding hydrogens is 391 g/mol. The topological polar surface area (TPSA) is 85.2 Å². The van der Waals surface area contributed by atoms with E-state index in [2.05, 4.69) is 22.5 Å². The summed E-state index contributed by atoms with van der Waals surface area (Å²) in [6, 6.07) is 0. The first-order valence-corrected chi connectivity index (χ1v) is 11.7. The average molecular weight is 431 g/mol. The van der Waals surface area contributed by atoms with E-state index < -0.39 is 11.8 Å². The van der Waals surface area contributed by atoms with Crippen molar-refractivity contribution in [2.45, 2.75) is 95.5 Å². The molecule has 1 heterocycles. The van der Waals surface area contributed by atoms with Gasteiger partial charge in [-0.25, -0.2) is 0 Å². The summed E-state index contributed by atoms with van der Waals surface area (Å²) in [5.41, 5.74) is 0. The Morgan fingerprint density at radius 2 is 1.93 bits per heavy atom.